The minimum absolute atomic E-state index is 0.0593. The number of ether oxygens (including phenoxy) is 1. The van der Waals surface area contributed by atoms with Crippen molar-refractivity contribution in [2.45, 2.75) is 50.7 Å². The van der Waals surface area contributed by atoms with Crippen LogP contribution >= 0.6 is 15.9 Å². The zero-order valence-electron chi connectivity index (χ0n) is 12.1. The molecule has 5 heteroatoms. The van der Waals surface area contributed by atoms with E-state index in [0.717, 1.165) is 42.3 Å². The van der Waals surface area contributed by atoms with Crippen LogP contribution < -0.4 is 10.1 Å². The number of carbonyl (C=O) groups is 1. The van der Waals surface area contributed by atoms with Crippen molar-refractivity contribution in [2.75, 3.05) is 6.61 Å². The molecule has 0 aliphatic heterocycles. The summed E-state index contributed by atoms with van der Waals surface area (Å²) >= 11 is 3.38. The van der Waals surface area contributed by atoms with E-state index in [1.807, 2.05) is 24.3 Å². The fourth-order valence-corrected chi connectivity index (χ4v) is 2.93. The van der Waals surface area contributed by atoms with E-state index >= 15 is 0 Å². The maximum absolute atomic E-state index is 11.9. The Bertz CT molecular complexity index is 467. The Morgan fingerprint density at radius 3 is 2.95 bits per heavy atom. The van der Waals surface area contributed by atoms with E-state index in [2.05, 4.69) is 21.2 Å². The summed E-state index contributed by atoms with van der Waals surface area (Å²) in [4.78, 5) is 11.9. The van der Waals surface area contributed by atoms with E-state index in [1.54, 1.807) is 0 Å². The lowest BCUT2D eigenvalue weighted by Crippen LogP contribution is -2.43. The van der Waals surface area contributed by atoms with Gasteiger partial charge in [-0.2, -0.15) is 0 Å². The first kappa shape index (κ1) is 16.3. The van der Waals surface area contributed by atoms with Gasteiger partial charge in [0, 0.05) is 4.47 Å². The molecule has 1 aliphatic rings. The minimum Gasteiger partial charge on any atom is -0.493 e. The van der Waals surface area contributed by atoms with Crippen LogP contribution in [0.25, 0.3) is 0 Å². The van der Waals surface area contributed by atoms with Crippen molar-refractivity contribution >= 4 is 21.8 Å². The average Bonchev–Trinajstić information content (AvgIpc) is 2.64. The molecule has 0 saturated heterocycles. The first-order chi connectivity index (χ1) is 10.1. The van der Waals surface area contributed by atoms with Crippen LogP contribution in [0.15, 0.2) is 28.7 Å². The second-order valence-electron chi connectivity index (χ2n) is 5.44. The van der Waals surface area contributed by atoms with Crippen molar-refractivity contribution in [2.24, 2.45) is 0 Å². The molecule has 2 atom stereocenters. The Balaban J connectivity index is 1.71. The molecular formula is C16H22BrNO3. The normalized spacial score (nSPS) is 22.4. The van der Waals surface area contributed by atoms with E-state index in [9.17, 15) is 9.90 Å². The molecule has 116 valence electrons. The summed E-state index contributed by atoms with van der Waals surface area (Å²) in [5.41, 5.74) is 0. The lowest BCUT2D eigenvalue weighted by atomic mass is 10.1. The first-order valence-electron chi connectivity index (χ1n) is 7.51. The molecule has 4 nitrogen and oxygen atoms in total. The highest BCUT2D eigenvalue weighted by Gasteiger charge is 2.22. The Morgan fingerprint density at radius 1 is 1.33 bits per heavy atom. The summed E-state index contributed by atoms with van der Waals surface area (Å²) in [6.45, 7) is 0.338. The van der Waals surface area contributed by atoms with E-state index < -0.39 is 6.10 Å². The number of halogens is 1. The van der Waals surface area contributed by atoms with E-state index in [4.69, 9.17) is 4.74 Å². The molecule has 21 heavy (non-hydrogen) atoms. The average molecular weight is 356 g/mol. The fraction of sp³-hybridized carbons (Fsp3) is 0.562. The highest BCUT2D eigenvalue weighted by molar-refractivity contribution is 9.10. The number of carbonyl (C=O) groups excluding carboxylic acids is 1. The summed E-state index contributed by atoms with van der Waals surface area (Å²) in [5.74, 6) is 0.683. The van der Waals surface area contributed by atoms with Crippen LogP contribution in [0.3, 0.4) is 0 Å². The molecule has 1 aromatic rings. The van der Waals surface area contributed by atoms with Crippen molar-refractivity contribution < 1.29 is 14.6 Å². The lowest BCUT2D eigenvalue weighted by molar-refractivity contribution is -0.123. The van der Waals surface area contributed by atoms with Crippen LogP contribution in [0.1, 0.15) is 38.5 Å². The van der Waals surface area contributed by atoms with Gasteiger partial charge in [0.1, 0.15) is 5.75 Å². The molecule has 2 rings (SSSR count). The minimum atomic E-state index is -0.414. The molecule has 1 aromatic carbocycles. The van der Waals surface area contributed by atoms with Gasteiger partial charge in [-0.25, -0.2) is 0 Å². The molecular weight excluding hydrogens is 334 g/mol. The Kier molecular flexibility index (Phi) is 6.51. The molecule has 0 aromatic heterocycles. The number of rotatable bonds is 5. The van der Waals surface area contributed by atoms with Crippen LogP contribution in [0, 0.1) is 0 Å². The smallest absolute Gasteiger partial charge is 0.223 e. The Morgan fingerprint density at radius 2 is 2.14 bits per heavy atom. The summed E-state index contributed by atoms with van der Waals surface area (Å²) in [7, 11) is 0. The van der Waals surface area contributed by atoms with Gasteiger partial charge in [0.2, 0.25) is 5.91 Å². The molecule has 0 spiro atoms. The molecule has 0 bridgehead atoms. The number of aliphatic hydroxyl groups is 1. The van der Waals surface area contributed by atoms with Gasteiger partial charge < -0.3 is 15.2 Å². The van der Waals surface area contributed by atoms with Gasteiger partial charge in [-0.05, 0) is 31.0 Å². The highest BCUT2D eigenvalue weighted by atomic mass is 79.9. The SMILES string of the molecule is O=C(CCOc1cccc(Br)c1)NC1CCCCCC1O. The molecule has 1 saturated carbocycles. The van der Waals surface area contributed by atoms with Gasteiger partial charge in [-0.15, -0.1) is 0 Å². The number of amides is 1. The fourth-order valence-electron chi connectivity index (χ4n) is 2.55. The van der Waals surface area contributed by atoms with Crippen LogP contribution in [0.2, 0.25) is 0 Å². The number of aliphatic hydroxyl groups excluding tert-OH is 1. The first-order valence-corrected chi connectivity index (χ1v) is 8.30. The third-order valence-corrected chi connectivity index (χ3v) is 4.21. The van der Waals surface area contributed by atoms with Crippen molar-refractivity contribution in [1.82, 2.24) is 5.32 Å². The third kappa shape index (κ3) is 5.67. The predicted molar refractivity (Wildman–Crippen MR) is 85.3 cm³/mol. The molecule has 2 unspecified atom stereocenters. The van der Waals surface area contributed by atoms with Gasteiger partial charge in [0.25, 0.3) is 0 Å². The topological polar surface area (TPSA) is 58.6 Å². The third-order valence-electron chi connectivity index (χ3n) is 3.72. The maximum Gasteiger partial charge on any atom is 0.223 e. The second-order valence-corrected chi connectivity index (χ2v) is 6.35. The van der Waals surface area contributed by atoms with Crippen molar-refractivity contribution in [3.63, 3.8) is 0 Å². The van der Waals surface area contributed by atoms with Gasteiger partial charge in [-0.3, -0.25) is 4.79 Å². The van der Waals surface area contributed by atoms with Crippen LogP contribution in [0.4, 0.5) is 0 Å². The number of hydrogen-bond acceptors (Lipinski definition) is 3. The molecule has 1 aliphatic carbocycles. The summed E-state index contributed by atoms with van der Waals surface area (Å²) in [5, 5.41) is 12.9. The van der Waals surface area contributed by atoms with Gasteiger partial charge >= 0.3 is 0 Å². The second kappa shape index (κ2) is 8.39. The van der Waals surface area contributed by atoms with Gasteiger partial charge in [0.05, 0.1) is 25.2 Å². The summed E-state index contributed by atoms with van der Waals surface area (Å²) < 4.78 is 6.49. The van der Waals surface area contributed by atoms with Crippen molar-refractivity contribution in [1.29, 1.82) is 0 Å². The Labute approximate surface area is 134 Å². The molecule has 0 heterocycles. The zero-order chi connectivity index (χ0) is 15.1. The summed E-state index contributed by atoms with van der Waals surface area (Å²) in [6.07, 6.45) is 4.77. The number of nitrogens with one attached hydrogen (secondary N) is 1. The number of benzene rings is 1. The summed E-state index contributed by atoms with van der Waals surface area (Å²) in [6, 6.07) is 7.44. The highest BCUT2D eigenvalue weighted by Crippen LogP contribution is 2.19. The molecule has 1 amide bonds. The van der Waals surface area contributed by atoms with Crippen LogP contribution in [-0.4, -0.2) is 29.8 Å². The molecule has 2 N–H and O–H groups in total. The zero-order valence-corrected chi connectivity index (χ0v) is 13.6. The van der Waals surface area contributed by atoms with Crippen molar-refractivity contribution in [3.05, 3.63) is 28.7 Å². The quantitative estimate of drug-likeness (QED) is 0.798. The molecule has 0 radical (unpaired) electrons. The Hall–Kier alpha value is -1.07. The lowest BCUT2D eigenvalue weighted by Gasteiger charge is -2.21. The van der Waals surface area contributed by atoms with Crippen LogP contribution in [-0.2, 0) is 4.79 Å². The van der Waals surface area contributed by atoms with Gasteiger partial charge in [-0.1, -0.05) is 41.3 Å². The largest absolute Gasteiger partial charge is 0.493 e. The predicted octanol–water partition coefficient (Wildman–Crippen LogP) is 3.03. The maximum atomic E-state index is 11.9. The van der Waals surface area contributed by atoms with E-state index in [0.29, 0.717) is 13.0 Å². The standard InChI is InChI=1S/C16H22BrNO3/c17-12-5-4-6-13(11-12)21-10-9-16(20)18-14-7-2-1-3-8-15(14)19/h4-6,11,14-15,19H,1-3,7-10H2,(H,18,20). The van der Waals surface area contributed by atoms with Gasteiger partial charge in [0.15, 0.2) is 0 Å². The monoisotopic (exact) mass is 355 g/mol. The van der Waals surface area contributed by atoms with Crippen molar-refractivity contribution in [3.8, 4) is 5.75 Å². The number of hydrogen-bond donors (Lipinski definition) is 2. The van der Waals surface area contributed by atoms with Crippen LogP contribution in [0.5, 0.6) is 5.75 Å². The molecule has 1 fully saturated rings. The van der Waals surface area contributed by atoms with E-state index in [1.165, 1.54) is 0 Å². The van der Waals surface area contributed by atoms with E-state index in [-0.39, 0.29) is 11.9 Å².